The highest BCUT2D eigenvalue weighted by atomic mass is 32.2. The van der Waals surface area contributed by atoms with Crippen LogP contribution in [0.4, 0.5) is 0 Å². The van der Waals surface area contributed by atoms with E-state index in [-0.39, 0.29) is 22.4 Å². The fraction of sp³-hybridized carbons (Fsp3) is 0.480. The molecule has 1 N–H and O–H groups in total. The van der Waals surface area contributed by atoms with Gasteiger partial charge in [0.05, 0.1) is 17.6 Å². The van der Waals surface area contributed by atoms with Gasteiger partial charge in [-0.25, -0.2) is 8.42 Å². The molecule has 0 unspecified atom stereocenters. The molecule has 1 amide bonds. The van der Waals surface area contributed by atoms with Gasteiger partial charge in [-0.3, -0.25) is 9.69 Å². The van der Waals surface area contributed by atoms with Crippen LogP contribution in [0, 0.1) is 0 Å². The number of ether oxygens (including phenoxy) is 1. The number of amides is 1. The maximum absolute atomic E-state index is 13.2. The summed E-state index contributed by atoms with van der Waals surface area (Å²) in [6.07, 6.45) is 4.41. The Balaban J connectivity index is 1.38. The number of methoxy groups -OCH3 is 1. The predicted molar refractivity (Wildman–Crippen MR) is 128 cm³/mol. The van der Waals surface area contributed by atoms with Gasteiger partial charge in [-0.15, -0.1) is 0 Å². The third-order valence-corrected chi connectivity index (χ3v) is 8.53. The molecule has 2 aromatic rings. The average molecular weight is 472 g/mol. The molecule has 0 atom stereocenters. The molecule has 0 saturated carbocycles. The minimum absolute atomic E-state index is 0.0252. The molecule has 2 fully saturated rings. The summed E-state index contributed by atoms with van der Waals surface area (Å²) in [6, 6.07) is 14.6. The maximum Gasteiger partial charge on any atom is 0.252 e. The Bertz CT molecular complexity index is 1060. The smallest absolute Gasteiger partial charge is 0.252 e. The van der Waals surface area contributed by atoms with Crippen LogP contribution in [0.3, 0.4) is 0 Å². The van der Waals surface area contributed by atoms with Gasteiger partial charge in [-0.1, -0.05) is 36.8 Å². The van der Waals surface area contributed by atoms with E-state index in [2.05, 4.69) is 16.3 Å². The summed E-state index contributed by atoms with van der Waals surface area (Å²) in [4.78, 5) is 15.6. The van der Waals surface area contributed by atoms with Crippen LogP contribution in [0.1, 0.15) is 48.0 Å². The molecule has 2 aliphatic rings. The van der Waals surface area contributed by atoms with E-state index in [0.29, 0.717) is 13.1 Å². The van der Waals surface area contributed by atoms with Crippen LogP contribution in [0.5, 0.6) is 5.75 Å². The molecule has 178 valence electrons. The molecule has 0 aliphatic carbocycles. The van der Waals surface area contributed by atoms with E-state index in [1.165, 1.54) is 4.31 Å². The number of piperidine rings is 2. The molecular formula is C25H33N3O4S. The summed E-state index contributed by atoms with van der Waals surface area (Å²) in [5.41, 5.74) is 1.39. The Kier molecular flexibility index (Phi) is 7.67. The molecule has 2 saturated heterocycles. The highest BCUT2D eigenvalue weighted by Gasteiger charge is 2.30. The van der Waals surface area contributed by atoms with Gasteiger partial charge < -0.3 is 10.1 Å². The lowest BCUT2D eigenvalue weighted by molar-refractivity contribution is 0.0905. The van der Waals surface area contributed by atoms with Crippen molar-refractivity contribution in [1.82, 2.24) is 14.5 Å². The van der Waals surface area contributed by atoms with Crippen molar-refractivity contribution in [1.29, 1.82) is 0 Å². The number of nitrogens with zero attached hydrogens (tertiary/aromatic N) is 2. The Hall–Kier alpha value is -2.42. The van der Waals surface area contributed by atoms with Gasteiger partial charge in [0.25, 0.3) is 5.91 Å². The Morgan fingerprint density at radius 2 is 1.64 bits per heavy atom. The van der Waals surface area contributed by atoms with Crippen LogP contribution in [0.2, 0.25) is 0 Å². The molecule has 0 radical (unpaired) electrons. The van der Waals surface area contributed by atoms with Crippen LogP contribution < -0.4 is 10.1 Å². The first kappa shape index (κ1) is 23.7. The van der Waals surface area contributed by atoms with Gasteiger partial charge in [0.15, 0.2) is 0 Å². The van der Waals surface area contributed by atoms with Crippen molar-refractivity contribution >= 4 is 15.9 Å². The lowest BCUT2D eigenvalue weighted by Crippen LogP contribution is -2.45. The summed E-state index contributed by atoms with van der Waals surface area (Å²) in [5.74, 6) is 0.578. The fourth-order valence-electron chi connectivity index (χ4n) is 4.70. The van der Waals surface area contributed by atoms with Crippen LogP contribution >= 0.6 is 0 Å². The number of nitrogens with one attached hydrogen (secondary N) is 1. The van der Waals surface area contributed by atoms with Crippen molar-refractivity contribution in [3.05, 3.63) is 59.7 Å². The molecule has 8 heteroatoms. The van der Waals surface area contributed by atoms with E-state index in [9.17, 15) is 13.2 Å². The third kappa shape index (κ3) is 5.57. The van der Waals surface area contributed by atoms with Gasteiger partial charge in [-0.05, 0) is 43.9 Å². The molecule has 33 heavy (non-hydrogen) atoms. The normalized spacial score (nSPS) is 18.7. The van der Waals surface area contributed by atoms with Crippen molar-refractivity contribution in [2.75, 3.05) is 33.3 Å². The van der Waals surface area contributed by atoms with Crippen LogP contribution in [-0.4, -0.2) is 62.9 Å². The van der Waals surface area contributed by atoms with Gasteiger partial charge >= 0.3 is 0 Å². The first-order valence-corrected chi connectivity index (χ1v) is 13.2. The lowest BCUT2D eigenvalue weighted by Gasteiger charge is -2.33. The topological polar surface area (TPSA) is 79.0 Å². The third-order valence-electron chi connectivity index (χ3n) is 6.57. The summed E-state index contributed by atoms with van der Waals surface area (Å²) >= 11 is 0. The fourth-order valence-corrected chi connectivity index (χ4v) is 6.40. The number of benzene rings is 2. The number of hydrogen-bond acceptors (Lipinski definition) is 5. The van der Waals surface area contributed by atoms with E-state index in [1.54, 1.807) is 31.4 Å². The zero-order valence-corrected chi connectivity index (χ0v) is 20.0. The van der Waals surface area contributed by atoms with Crippen molar-refractivity contribution in [3.63, 3.8) is 0 Å². The molecule has 2 aliphatic heterocycles. The zero-order chi connectivity index (χ0) is 23.3. The average Bonchev–Trinajstić information content (AvgIpc) is 2.86. The van der Waals surface area contributed by atoms with E-state index < -0.39 is 10.0 Å². The lowest BCUT2D eigenvalue weighted by atomic mass is 10.0. The highest BCUT2D eigenvalue weighted by Crippen LogP contribution is 2.25. The second kappa shape index (κ2) is 10.7. The highest BCUT2D eigenvalue weighted by molar-refractivity contribution is 7.89. The Morgan fingerprint density at radius 3 is 2.36 bits per heavy atom. The molecular weight excluding hydrogens is 438 g/mol. The summed E-state index contributed by atoms with van der Waals surface area (Å²) in [5, 5.41) is 3.08. The summed E-state index contributed by atoms with van der Waals surface area (Å²) in [6.45, 7) is 3.56. The van der Waals surface area contributed by atoms with Gasteiger partial charge in [0, 0.05) is 44.3 Å². The van der Waals surface area contributed by atoms with Gasteiger partial charge in [-0.2, -0.15) is 4.31 Å². The first-order valence-electron chi connectivity index (χ1n) is 11.7. The predicted octanol–water partition coefficient (Wildman–Crippen LogP) is 3.26. The van der Waals surface area contributed by atoms with Crippen molar-refractivity contribution in [2.45, 2.75) is 49.6 Å². The Labute approximate surface area is 196 Å². The van der Waals surface area contributed by atoms with E-state index in [0.717, 1.165) is 63.1 Å². The van der Waals surface area contributed by atoms with E-state index in [1.807, 2.05) is 18.2 Å². The molecule has 7 nitrogen and oxygen atoms in total. The van der Waals surface area contributed by atoms with Gasteiger partial charge in [0.1, 0.15) is 5.75 Å². The van der Waals surface area contributed by atoms with E-state index in [4.69, 9.17) is 4.74 Å². The zero-order valence-electron chi connectivity index (χ0n) is 19.2. The second-order valence-corrected chi connectivity index (χ2v) is 10.7. The van der Waals surface area contributed by atoms with Crippen LogP contribution in [0.15, 0.2) is 53.4 Å². The second-order valence-electron chi connectivity index (χ2n) is 8.80. The standard InChI is InChI=1S/C25H33N3O4S/c1-32-23-11-5-3-9-20(23)19-27-17-13-21(14-18-27)26-25(29)22-10-4-6-12-24(22)33(30,31)28-15-7-2-8-16-28/h3-6,9-12,21H,2,7-8,13-19H2,1H3,(H,26,29). The SMILES string of the molecule is COc1ccccc1CN1CCC(NC(=O)c2ccccc2S(=O)(=O)N2CCCCC2)CC1. The number of likely N-dealkylation sites (tertiary alicyclic amines) is 1. The summed E-state index contributed by atoms with van der Waals surface area (Å²) in [7, 11) is -1.99. The van der Waals surface area contributed by atoms with Crippen molar-refractivity contribution < 1.29 is 17.9 Å². The largest absolute Gasteiger partial charge is 0.496 e. The first-order chi connectivity index (χ1) is 16.0. The minimum Gasteiger partial charge on any atom is -0.496 e. The van der Waals surface area contributed by atoms with Gasteiger partial charge in [0.2, 0.25) is 10.0 Å². The molecule has 0 bridgehead atoms. The summed E-state index contributed by atoms with van der Waals surface area (Å²) < 4.78 is 33.4. The number of rotatable bonds is 7. The number of carbonyl (C=O) groups is 1. The molecule has 2 heterocycles. The monoisotopic (exact) mass is 471 g/mol. The van der Waals surface area contributed by atoms with Crippen LogP contribution in [-0.2, 0) is 16.6 Å². The Morgan fingerprint density at radius 1 is 0.970 bits per heavy atom. The quantitative estimate of drug-likeness (QED) is 0.671. The van der Waals surface area contributed by atoms with Crippen LogP contribution in [0.25, 0.3) is 0 Å². The molecule has 0 aromatic heterocycles. The van der Waals surface area contributed by atoms with Crippen molar-refractivity contribution in [3.8, 4) is 5.75 Å². The van der Waals surface area contributed by atoms with E-state index >= 15 is 0 Å². The number of para-hydroxylation sites is 1. The number of sulfonamides is 1. The van der Waals surface area contributed by atoms with Crippen molar-refractivity contribution in [2.24, 2.45) is 0 Å². The molecule has 4 rings (SSSR count). The minimum atomic E-state index is -3.68. The number of hydrogen-bond donors (Lipinski definition) is 1. The maximum atomic E-state index is 13.2. The molecule has 2 aromatic carbocycles. The molecule has 0 spiro atoms. The number of carbonyl (C=O) groups excluding carboxylic acids is 1.